The zero-order chi connectivity index (χ0) is 15.4. The maximum atomic E-state index is 13.4. The number of carbonyl (C=O) groups is 1. The van der Waals surface area contributed by atoms with Gasteiger partial charge in [-0.05, 0) is 48.4 Å². The third-order valence-corrected chi connectivity index (χ3v) is 3.02. The van der Waals surface area contributed by atoms with Crippen LogP contribution in [0.4, 0.5) is 10.1 Å². The topological polar surface area (TPSA) is 58.6 Å². The van der Waals surface area contributed by atoms with Gasteiger partial charge in [-0.2, -0.15) is 0 Å². The molecule has 0 fully saturated rings. The van der Waals surface area contributed by atoms with Gasteiger partial charge >= 0.3 is 5.97 Å². The summed E-state index contributed by atoms with van der Waals surface area (Å²) >= 11 is 0. The van der Waals surface area contributed by atoms with Crippen molar-refractivity contribution >= 4 is 11.7 Å². The van der Waals surface area contributed by atoms with E-state index in [0.717, 1.165) is 5.56 Å². The summed E-state index contributed by atoms with van der Waals surface area (Å²) in [7, 11) is 1.29. The Kier molecular flexibility index (Phi) is 4.42. The van der Waals surface area contributed by atoms with E-state index in [-0.39, 0.29) is 11.6 Å². The van der Waals surface area contributed by atoms with Crippen LogP contribution < -0.4 is 5.32 Å². The van der Waals surface area contributed by atoms with Crippen LogP contribution in [0, 0.1) is 12.7 Å². The van der Waals surface area contributed by atoms with Crippen molar-refractivity contribution in [2.24, 2.45) is 0 Å². The molecule has 0 bridgehead atoms. The van der Waals surface area contributed by atoms with Gasteiger partial charge < -0.3 is 15.2 Å². The van der Waals surface area contributed by atoms with Gasteiger partial charge in [-0.3, -0.25) is 0 Å². The standard InChI is InChI=1S/C16H16FNO3/c1-10-7-12(17)9-13(8-10)18-15(16(20)21-2)11-3-5-14(19)6-4-11/h3-9,15,18-19H,1-2H3. The number of nitrogens with one attached hydrogen (secondary N) is 1. The van der Waals surface area contributed by atoms with E-state index in [2.05, 4.69) is 5.32 Å². The highest BCUT2D eigenvalue weighted by atomic mass is 19.1. The van der Waals surface area contributed by atoms with E-state index in [9.17, 15) is 14.3 Å². The Hall–Kier alpha value is -2.56. The smallest absolute Gasteiger partial charge is 0.332 e. The number of hydrogen-bond donors (Lipinski definition) is 2. The van der Waals surface area contributed by atoms with Crippen LogP contribution in [-0.4, -0.2) is 18.2 Å². The van der Waals surface area contributed by atoms with Gasteiger partial charge in [0.25, 0.3) is 0 Å². The molecule has 4 nitrogen and oxygen atoms in total. The predicted octanol–water partition coefficient (Wildman–Crippen LogP) is 3.17. The highest BCUT2D eigenvalue weighted by molar-refractivity contribution is 5.81. The number of anilines is 1. The molecule has 1 atom stereocenters. The second kappa shape index (κ2) is 6.26. The SMILES string of the molecule is COC(=O)C(Nc1cc(C)cc(F)c1)c1ccc(O)cc1. The molecule has 0 heterocycles. The molecular weight excluding hydrogens is 273 g/mol. The van der Waals surface area contributed by atoms with Gasteiger partial charge in [-0.25, -0.2) is 9.18 Å². The van der Waals surface area contributed by atoms with Crippen LogP contribution in [0.15, 0.2) is 42.5 Å². The number of ether oxygens (including phenoxy) is 1. The minimum Gasteiger partial charge on any atom is -0.508 e. The first-order chi connectivity index (χ1) is 9.99. The van der Waals surface area contributed by atoms with E-state index in [4.69, 9.17) is 4.74 Å². The first-order valence-electron chi connectivity index (χ1n) is 6.40. The fraction of sp³-hybridized carbons (Fsp3) is 0.188. The second-order valence-electron chi connectivity index (χ2n) is 4.71. The van der Waals surface area contributed by atoms with Crippen LogP contribution in [0.1, 0.15) is 17.2 Å². The molecule has 0 aliphatic carbocycles. The predicted molar refractivity (Wildman–Crippen MR) is 77.6 cm³/mol. The monoisotopic (exact) mass is 289 g/mol. The molecule has 5 heteroatoms. The maximum Gasteiger partial charge on any atom is 0.332 e. The van der Waals surface area contributed by atoms with E-state index in [0.29, 0.717) is 11.3 Å². The van der Waals surface area contributed by atoms with E-state index >= 15 is 0 Å². The van der Waals surface area contributed by atoms with E-state index in [1.165, 1.54) is 31.4 Å². The van der Waals surface area contributed by atoms with Crippen molar-refractivity contribution in [1.82, 2.24) is 0 Å². The molecule has 0 spiro atoms. The summed E-state index contributed by atoms with van der Waals surface area (Å²) in [5.41, 5.74) is 1.84. The fourth-order valence-electron chi connectivity index (χ4n) is 2.05. The molecule has 0 saturated carbocycles. The molecule has 0 radical (unpaired) electrons. The number of halogens is 1. The summed E-state index contributed by atoms with van der Waals surface area (Å²) in [6.45, 7) is 1.77. The summed E-state index contributed by atoms with van der Waals surface area (Å²) in [4.78, 5) is 11.9. The summed E-state index contributed by atoms with van der Waals surface area (Å²) in [5.74, 6) is -0.779. The molecular formula is C16H16FNO3. The number of phenols is 1. The maximum absolute atomic E-state index is 13.4. The van der Waals surface area contributed by atoms with E-state index in [1.54, 1.807) is 25.1 Å². The number of hydrogen-bond acceptors (Lipinski definition) is 4. The first-order valence-corrected chi connectivity index (χ1v) is 6.40. The molecule has 0 saturated heterocycles. The third kappa shape index (κ3) is 3.72. The number of rotatable bonds is 4. The molecule has 2 rings (SSSR count). The molecule has 1 unspecified atom stereocenters. The van der Waals surface area contributed by atoms with Gasteiger partial charge in [-0.1, -0.05) is 12.1 Å². The van der Waals surface area contributed by atoms with Crippen molar-refractivity contribution in [3.63, 3.8) is 0 Å². The van der Waals surface area contributed by atoms with Gasteiger partial charge in [0.05, 0.1) is 7.11 Å². The molecule has 2 aromatic carbocycles. The minimum absolute atomic E-state index is 0.101. The zero-order valence-corrected chi connectivity index (χ0v) is 11.8. The molecule has 21 heavy (non-hydrogen) atoms. The number of phenolic OH excluding ortho intramolecular Hbond substituents is 1. The summed E-state index contributed by atoms with van der Waals surface area (Å²) < 4.78 is 18.2. The fourth-order valence-corrected chi connectivity index (χ4v) is 2.05. The van der Waals surface area contributed by atoms with Crippen LogP contribution in [0.3, 0.4) is 0 Å². The Balaban J connectivity index is 2.32. The Morgan fingerprint density at radius 3 is 2.48 bits per heavy atom. The molecule has 0 amide bonds. The van der Waals surface area contributed by atoms with Crippen molar-refractivity contribution in [1.29, 1.82) is 0 Å². The lowest BCUT2D eigenvalue weighted by molar-refractivity contribution is -0.141. The number of methoxy groups -OCH3 is 1. The summed E-state index contributed by atoms with van der Waals surface area (Å²) in [6.07, 6.45) is 0. The quantitative estimate of drug-likeness (QED) is 0.849. The molecule has 0 aliphatic heterocycles. The number of carbonyl (C=O) groups excluding carboxylic acids is 1. The Labute approximate surface area is 122 Å². The second-order valence-corrected chi connectivity index (χ2v) is 4.71. The van der Waals surface area contributed by atoms with Crippen molar-refractivity contribution in [3.8, 4) is 5.75 Å². The van der Waals surface area contributed by atoms with Crippen LogP contribution in [0.2, 0.25) is 0 Å². The third-order valence-electron chi connectivity index (χ3n) is 3.02. The van der Waals surface area contributed by atoms with Gasteiger partial charge in [0.1, 0.15) is 11.6 Å². The average Bonchev–Trinajstić information content (AvgIpc) is 2.44. The van der Waals surface area contributed by atoms with Crippen molar-refractivity contribution in [3.05, 3.63) is 59.4 Å². The number of benzene rings is 2. The first kappa shape index (κ1) is 14.8. The normalized spacial score (nSPS) is 11.8. The number of aromatic hydroxyl groups is 1. The van der Waals surface area contributed by atoms with Crippen LogP contribution in [-0.2, 0) is 9.53 Å². The Morgan fingerprint density at radius 2 is 1.90 bits per heavy atom. The van der Waals surface area contributed by atoms with Crippen molar-refractivity contribution in [2.75, 3.05) is 12.4 Å². The lowest BCUT2D eigenvalue weighted by atomic mass is 10.1. The van der Waals surface area contributed by atoms with Crippen LogP contribution in [0.5, 0.6) is 5.75 Å². The number of aryl methyl sites for hydroxylation is 1. The molecule has 0 aliphatic rings. The molecule has 0 aromatic heterocycles. The van der Waals surface area contributed by atoms with Crippen molar-refractivity contribution in [2.45, 2.75) is 13.0 Å². The zero-order valence-electron chi connectivity index (χ0n) is 11.8. The van der Waals surface area contributed by atoms with Gasteiger partial charge in [0.2, 0.25) is 0 Å². The Bertz CT molecular complexity index is 620. The number of esters is 1. The summed E-state index contributed by atoms with van der Waals surface area (Å²) in [6, 6.07) is 9.83. The van der Waals surface area contributed by atoms with Gasteiger partial charge in [-0.15, -0.1) is 0 Å². The van der Waals surface area contributed by atoms with Crippen LogP contribution >= 0.6 is 0 Å². The van der Waals surface area contributed by atoms with Gasteiger partial charge in [0.15, 0.2) is 6.04 Å². The lowest BCUT2D eigenvalue weighted by Gasteiger charge is -2.18. The molecule has 2 aromatic rings. The van der Waals surface area contributed by atoms with Crippen LogP contribution in [0.25, 0.3) is 0 Å². The van der Waals surface area contributed by atoms with E-state index < -0.39 is 12.0 Å². The molecule has 110 valence electrons. The highest BCUT2D eigenvalue weighted by Crippen LogP contribution is 2.24. The highest BCUT2D eigenvalue weighted by Gasteiger charge is 2.21. The van der Waals surface area contributed by atoms with Gasteiger partial charge in [0, 0.05) is 5.69 Å². The molecule has 2 N–H and O–H groups in total. The minimum atomic E-state index is -0.781. The largest absolute Gasteiger partial charge is 0.508 e. The lowest BCUT2D eigenvalue weighted by Crippen LogP contribution is -2.22. The average molecular weight is 289 g/mol. The van der Waals surface area contributed by atoms with E-state index in [1.807, 2.05) is 0 Å². The summed E-state index contributed by atoms with van der Waals surface area (Å²) in [5, 5.41) is 12.3. The Morgan fingerprint density at radius 1 is 1.24 bits per heavy atom. The van der Waals surface area contributed by atoms with Crippen molar-refractivity contribution < 1.29 is 19.0 Å².